The molecule has 0 aromatic heterocycles. The van der Waals surface area contributed by atoms with Crippen molar-refractivity contribution in [3.05, 3.63) is 0 Å². The Bertz CT molecular complexity index is 116. The Morgan fingerprint density at radius 1 is 1.00 bits per heavy atom. The van der Waals surface area contributed by atoms with Crippen LogP contribution in [0.25, 0.3) is 0 Å². The molecular formula is C11H24O2. The van der Waals surface area contributed by atoms with Gasteiger partial charge in [-0.25, -0.2) is 0 Å². The Balaban J connectivity index is 3.32. The summed E-state index contributed by atoms with van der Waals surface area (Å²) in [7, 11) is 0. The third kappa shape index (κ3) is 7.03. The highest BCUT2D eigenvalue weighted by Crippen LogP contribution is 2.23. The molecule has 0 spiro atoms. The summed E-state index contributed by atoms with van der Waals surface area (Å²) in [5, 5.41) is 18.2. The predicted molar refractivity (Wildman–Crippen MR) is 55.6 cm³/mol. The first-order chi connectivity index (χ1) is 5.98. The van der Waals surface area contributed by atoms with Crippen molar-refractivity contribution in [1.29, 1.82) is 0 Å². The lowest BCUT2D eigenvalue weighted by Gasteiger charge is -2.25. The molecule has 1 atom stereocenters. The number of unbranched alkanes of at least 4 members (excludes halogenated alkanes) is 3. The number of aliphatic hydroxyl groups is 2. The van der Waals surface area contributed by atoms with Crippen LogP contribution in [-0.4, -0.2) is 22.9 Å². The summed E-state index contributed by atoms with van der Waals surface area (Å²) in [6, 6.07) is 0. The van der Waals surface area contributed by atoms with Gasteiger partial charge in [0.2, 0.25) is 0 Å². The molecule has 0 amide bonds. The lowest BCUT2D eigenvalue weighted by Crippen LogP contribution is -2.25. The normalized spacial score (nSPS) is 14.5. The summed E-state index contributed by atoms with van der Waals surface area (Å²) in [5.74, 6) is 0. The van der Waals surface area contributed by atoms with Gasteiger partial charge in [-0.2, -0.15) is 0 Å². The van der Waals surface area contributed by atoms with E-state index in [1.165, 1.54) is 0 Å². The van der Waals surface area contributed by atoms with E-state index in [0.717, 1.165) is 32.1 Å². The van der Waals surface area contributed by atoms with Gasteiger partial charge in [0.25, 0.3) is 0 Å². The Morgan fingerprint density at radius 3 is 2.00 bits per heavy atom. The second-order valence-electron chi connectivity index (χ2n) is 4.81. The molecule has 0 aliphatic carbocycles. The average Bonchev–Trinajstić information content (AvgIpc) is 2.02. The van der Waals surface area contributed by atoms with Crippen LogP contribution >= 0.6 is 0 Å². The van der Waals surface area contributed by atoms with Gasteiger partial charge in [-0.3, -0.25) is 0 Å². The van der Waals surface area contributed by atoms with Crippen LogP contribution in [0.1, 0.15) is 52.9 Å². The molecule has 1 unspecified atom stereocenters. The fourth-order valence-corrected chi connectivity index (χ4v) is 1.24. The van der Waals surface area contributed by atoms with Crippen molar-refractivity contribution in [1.82, 2.24) is 0 Å². The smallest absolute Gasteiger partial charge is 0.0588 e. The maximum Gasteiger partial charge on any atom is 0.0588 e. The molecule has 0 aliphatic rings. The van der Waals surface area contributed by atoms with Crippen LogP contribution < -0.4 is 0 Å². The minimum absolute atomic E-state index is 0.0109. The molecule has 0 fully saturated rings. The quantitative estimate of drug-likeness (QED) is 0.628. The summed E-state index contributed by atoms with van der Waals surface area (Å²) in [5.41, 5.74) is 0.0109. The number of rotatable bonds is 6. The number of aliphatic hydroxyl groups excluding tert-OH is 2. The molecule has 0 rings (SSSR count). The molecule has 0 bridgehead atoms. The third-order valence-corrected chi connectivity index (χ3v) is 2.39. The van der Waals surface area contributed by atoms with E-state index >= 15 is 0 Å². The van der Waals surface area contributed by atoms with Crippen molar-refractivity contribution in [2.75, 3.05) is 6.61 Å². The fourth-order valence-electron chi connectivity index (χ4n) is 1.24. The molecule has 2 N–H and O–H groups in total. The minimum atomic E-state index is -0.193. The molecule has 2 heteroatoms. The molecule has 0 saturated heterocycles. The first kappa shape index (κ1) is 12.9. The van der Waals surface area contributed by atoms with E-state index in [1.807, 2.05) is 0 Å². The first-order valence-electron chi connectivity index (χ1n) is 5.27. The van der Waals surface area contributed by atoms with Crippen LogP contribution in [0.4, 0.5) is 0 Å². The van der Waals surface area contributed by atoms with E-state index in [0.29, 0.717) is 6.61 Å². The average molecular weight is 188 g/mol. The molecule has 0 saturated carbocycles. The zero-order valence-corrected chi connectivity index (χ0v) is 9.21. The first-order valence-corrected chi connectivity index (χ1v) is 5.27. The summed E-state index contributed by atoms with van der Waals surface area (Å²) in [6.45, 7) is 6.48. The zero-order valence-electron chi connectivity index (χ0n) is 9.21. The summed E-state index contributed by atoms with van der Waals surface area (Å²) >= 11 is 0. The van der Waals surface area contributed by atoms with Gasteiger partial charge >= 0.3 is 0 Å². The van der Waals surface area contributed by atoms with Gasteiger partial charge in [0.05, 0.1) is 6.10 Å². The van der Waals surface area contributed by atoms with Crippen LogP contribution in [0.15, 0.2) is 0 Å². The maximum absolute atomic E-state index is 9.69. The van der Waals surface area contributed by atoms with Gasteiger partial charge in [0.15, 0.2) is 0 Å². The summed E-state index contributed by atoms with van der Waals surface area (Å²) in [6.07, 6.45) is 4.85. The highest BCUT2D eigenvalue weighted by Gasteiger charge is 2.20. The van der Waals surface area contributed by atoms with Crippen molar-refractivity contribution in [3.8, 4) is 0 Å². The predicted octanol–water partition coefficient (Wildman–Crippen LogP) is 2.34. The highest BCUT2D eigenvalue weighted by atomic mass is 16.3. The Labute approximate surface area is 82.0 Å². The Morgan fingerprint density at radius 2 is 1.54 bits per heavy atom. The molecular weight excluding hydrogens is 164 g/mol. The largest absolute Gasteiger partial charge is 0.396 e. The van der Waals surface area contributed by atoms with E-state index in [9.17, 15) is 5.11 Å². The molecule has 13 heavy (non-hydrogen) atoms. The highest BCUT2D eigenvalue weighted by molar-refractivity contribution is 4.72. The standard InChI is InChI=1S/C11H24O2/c1-11(2,3)10(13)8-6-4-5-7-9-12/h10,12-13H,4-9H2,1-3H3. The Hall–Kier alpha value is -0.0800. The lowest BCUT2D eigenvalue weighted by molar-refractivity contribution is 0.0533. The number of hydrogen-bond acceptors (Lipinski definition) is 2. The molecule has 0 aromatic carbocycles. The maximum atomic E-state index is 9.69. The summed E-state index contributed by atoms with van der Waals surface area (Å²) in [4.78, 5) is 0. The monoisotopic (exact) mass is 188 g/mol. The molecule has 0 heterocycles. The van der Waals surface area contributed by atoms with Crippen molar-refractivity contribution < 1.29 is 10.2 Å². The van der Waals surface area contributed by atoms with Crippen molar-refractivity contribution in [3.63, 3.8) is 0 Å². The molecule has 80 valence electrons. The topological polar surface area (TPSA) is 40.5 Å². The van der Waals surface area contributed by atoms with Crippen LogP contribution in [0.2, 0.25) is 0 Å². The molecule has 0 aromatic rings. The third-order valence-electron chi connectivity index (χ3n) is 2.39. The molecule has 0 radical (unpaired) electrons. The van der Waals surface area contributed by atoms with Crippen LogP contribution in [0.3, 0.4) is 0 Å². The van der Waals surface area contributed by atoms with Gasteiger partial charge in [0.1, 0.15) is 0 Å². The van der Waals surface area contributed by atoms with E-state index < -0.39 is 0 Å². The SMILES string of the molecule is CC(C)(C)C(O)CCCCCCO. The van der Waals surface area contributed by atoms with Gasteiger partial charge < -0.3 is 10.2 Å². The van der Waals surface area contributed by atoms with Gasteiger partial charge in [-0.15, -0.1) is 0 Å². The van der Waals surface area contributed by atoms with E-state index in [1.54, 1.807) is 0 Å². The van der Waals surface area contributed by atoms with Crippen molar-refractivity contribution >= 4 is 0 Å². The minimum Gasteiger partial charge on any atom is -0.396 e. The van der Waals surface area contributed by atoms with Gasteiger partial charge in [0, 0.05) is 6.61 Å². The van der Waals surface area contributed by atoms with E-state index in [4.69, 9.17) is 5.11 Å². The van der Waals surface area contributed by atoms with E-state index in [2.05, 4.69) is 20.8 Å². The van der Waals surface area contributed by atoms with Crippen LogP contribution in [-0.2, 0) is 0 Å². The van der Waals surface area contributed by atoms with Crippen LogP contribution in [0.5, 0.6) is 0 Å². The van der Waals surface area contributed by atoms with Gasteiger partial charge in [-0.05, 0) is 18.3 Å². The molecule has 2 nitrogen and oxygen atoms in total. The zero-order chi connectivity index (χ0) is 10.3. The molecule has 0 aliphatic heterocycles. The second-order valence-corrected chi connectivity index (χ2v) is 4.81. The van der Waals surface area contributed by atoms with E-state index in [-0.39, 0.29) is 11.5 Å². The summed E-state index contributed by atoms with van der Waals surface area (Å²) < 4.78 is 0. The Kier molecular flexibility index (Phi) is 6.35. The second kappa shape index (κ2) is 6.39. The van der Waals surface area contributed by atoms with Crippen molar-refractivity contribution in [2.24, 2.45) is 5.41 Å². The number of hydrogen-bond donors (Lipinski definition) is 2. The van der Waals surface area contributed by atoms with Gasteiger partial charge in [-0.1, -0.05) is 40.0 Å². The lowest BCUT2D eigenvalue weighted by atomic mass is 9.86. The van der Waals surface area contributed by atoms with Crippen molar-refractivity contribution in [2.45, 2.75) is 59.0 Å². The van der Waals surface area contributed by atoms with Crippen LogP contribution in [0, 0.1) is 5.41 Å². The fraction of sp³-hybridized carbons (Fsp3) is 1.00.